The molecule has 0 aliphatic heterocycles. The summed E-state index contributed by atoms with van der Waals surface area (Å²) in [6, 6.07) is 1.82. The molecule has 0 saturated carbocycles. The minimum Gasteiger partial charge on any atom is -0.361 e. The molecule has 0 aliphatic rings. The van der Waals surface area contributed by atoms with Gasteiger partial charge < -0.3 is 4.52 Å². The predicted molar refractivity (Wildman–Crippen MR) is 66.3 cm³/mol. The van der Waals surface area contributed by atoms with E-state index in [0.29, 0.717) is 10.9 Å². The lowest BCUT2D eigenvalue weighted by molar-refractivity contribution is 0.392. The first-order valence-corrected chi connectivity index (χ1v) is 6.44. The van der Waals surface area contributed by atoms with Crippen LogP contribution in [0.1, 0.15) is 17.0 Å². The first kappa shape index (κ1) is 11.2. The van der Waals surface area contributed by atoms with Crippen molar-refractivity contribution in [3.05, 3.63) is 35.5 Å². The van der Waals surface area contributed by atoms with Gasteiger partial charge in [0, 0.05) is 23.7 Å². The molecule has 0 amide bonds. The largest absolute Gasteiger partial charge is 0.361 e. The molecule has 3 aromatic rings. The van der Waals surface area contributed by atoms with E-state index in [1.165, 1.54) is 0 Å². The Morgan fingerprint density at radius 2 is 2.28 bits per heavy atom. The summed E-state index contributed by atoms with van der Waals surface area (Å²) in [5, 5.41) is 8.95. The number of aryl methyl sites for hydroxylation is 2. The maximum atomic E-state index is 5.12. The smallest absolute Gasteiger partial charge is 0.253 e. The highest BCUT2D eigenvalue weighted by Crippen LogP contribution is 2.23. The van der Waals surface area contributed by atoms with E-state index in [-0.39, 0.29) is 0 Å². The Bertz CT molecular complexity index is 637. The highest BCUT2D eigenvalue weighted by Gasteiger charge is 2.11. The molecule has 18 heavy (non-hydrogen) atoms. The molecule has 0 atom stereocenters. The van der Waals surface area contributed by atoms with Crippen LogP contribution >= 0.6 is 11.8 Å². The molecule has 0 radical (unpaired) electrons. The number of fused-ring (bicyclic) bond motifs is 1. The summed E-state index contributed by atoms with van der Waals surface area (Å²) in [4.78, 5) is 8.45. The van der Waals surface area contributed by atoms with Gasteiger partial charge in [-0.1, -0.05) is 16.9 Å². The quantitative estimate of drug-likeness (QED) is 0.672. The Kier molecular flexibility index (Phi) is 2.75. The van der Waals surface area contributed by atoms with Crippen molar-refractivity contribution < 1.29 is 4.52 Å². The molecule has 0 bridgehead atoms. The number of nitrogens with zero attached hydrogens (tertiary/aromatic N) is 5. The average molecular weight is 261 g/mol. The summed E-state index contributed by atoms with van der Waals surface area (Å²) in [6.45, 7) is 3.85. The topological polar surface area (TPSA) is 69.1 Å². The van der Waals surface area contributed by atoms with E-state index in [4.69, 9.17) is 4.52 Å². The molecular weight excluding hydrogens is 250 g/mol. The van der Waals surface area contributed by atoms with E-state index in [2.05, 4.69) is 20.2 Å². The van der Waals surface area contributed by atoms with E-state index >= 15 is 0 Å². The molecular formula is C11H11N5OS. The molecule has 3 heterocycles. The Morgan fingerprint density at radius 1 is 1.39 bits per heavy atom. The van der Waals surface area contributed by atoms with Gasteiger partial charge in [-0.3, -0.25) is 0 Å². The van der Waals surface area contributed by atoms with Gasteiger partial charge in [0.2, 0.25) is 5.16 Å². The molecule has 3 rings (SSSR count). The van der Waals surface area contributed by atoms with Crippen molar-refractivity contribution in [1.29, 1.82) is 0 Å². The molecule has 3 aromatic heterocycles. The number of rotatable bonds is 3. The zero-order chi connectivity index (χ0) is 12.5. The van der Waals surface area contributed by atoms with Crippen molar-refractivity contribution in [3.63, 3.8) is 0 Å². The van der Waals surface area contributed by atoms with Gasteiger partial charge in [-0.05, 0) is 19.9 Å². The van der Waals surface area contributed by atoms with Crippen LogP contribution in [0.2, 0.25) is 0 Å². The van der Waals surface area contributed by atoms with Crippen molar-refractivity contribution in [2.45, 2.75) is 24.8 Å². The second-order valence-electron chi connectivity index (χ2n) is 3.85. The number of hydrogen-bond acceptors (Lipinski definition) is 6. The molecule has 0 saturated heterocycles. The van der Waals surface area contributed by atoms with Crippen LogP contribution in [0.25, 0.3) is 5.78 Å². The molecule has 0 aromatic carbocycles. The van der Waals surface area contributed by atoms with Crippen LogP contribution in [-0.4, -0.2) is 24.7 Å². The van der Waals surface area contributed by atoms with E-state index in [1.54, 1.807) is 22.5 Å². The van der Waals surface area contributed by atoms with E-state index in [0.717, 1.165) is 22.8 Å². The molecule has 0 unspecified atom stereocenters. The fraction of sp³-hybridized carbons (Fsp3) is 0.273. The SMILES string of the molecule is Cc1noc(C)c1CSc1nc2ncccn2n1. The molecule has 92 valence electrons. The summed E-state index contributed by atoms with van der Waals surface area (Å²) < 4.78 is 6.78. The van der Waals surface area contributed by atoms with Crippen LogP contribution in [0.5, 0.6) is 0 Å². The number of hydrogen-bond donors (Lipinski definition) is 0. The fourth-order valence-corrected chi connectivity index (χ4v) is 2.60. The van der Waals surface area contributed by atoms with E-state index in [1.807, 2.05) is 26.1 Å². The van der Waals surface area contributed by atoms with Crippen LogP contribution in [0, 0.1) is 13.8 Å². The number of thioether (sulfide) groups is 1. The van der Waals surface area contributed by atoms with Crippen molar-refractivity contribution >= 4 is 17.5 Å². The monoisotopic (exact) mass is 261 g/mol. The van der Waals surface area contributed by atoms with Crippen LogP contribution < -0.4 is 0 Å². The van der Waals surface area contributed by atoms with Crippen molar-refractivity contribution in [3.8, 4) is 0 Å². The van der Waals surface area contributed by atoms with Crippen molar-refractivity contribution in [1.82, 2.24) is 24.7 Å². The summed E-state index contributed by atoms with van der Waals surface area (Å²) in [7, 11) is 0. The summed E-state index contributed by atoms with van der Waals surface area (Å²) in [5.74, 6) is 2.21. The molecule has 0 fully saturated rings. The van der Waals surface area contributed by atoms with Crippen LogP contribution in [0.3, 0.4) is 0 Å². The van der Waals surface area contributed by atoms with Gasteiger partial charge in [-0.2, -0.15) is 4.98 Å². The Labute approximate surface area is 107 Å². The van der Waals surface area contributed by atoms with Gasteiger partial charge in [-0.25, -0.2) is 9.50 Å². The minimum absolute atomic E-state index is 0.610. The van der Waals surface area contributed by atoms with Gasteiger partial charge in [-0.15, -0.1) is 5.10 Å². The maximum Gasteiger partial charge on any atom is 0.253 e. The first-order chi connectivity index (χ1) is 8.74. The standard InChI is InChI=1S/C11H11N5OS/c1-7-9(8(2)17-15-7)6-18-11-13-10-12-4-3-5-16(10)14-11/h3-5H,6H2,1-2H3. The summed E-state index contributed by atoms with van der Waals surface area (Å²) in [6.07, 6.45) is 3.53. The summed E-state index contributed by atoms with van der Waals surface area (Å²) >= 11 is 1.55. The highest BCUT2D eigenvalue weighted by atomic mass is 32.2. The van der Waals surface area contributed by atoms with E-state index < -0.39 is 0 Å². The highest BCUT2D eigenvalue weighted by molar-refractivity contribution is 7.98. The zero-order valence-corrected chi connectivity index (χ0v) is 10.8. The third-order valence-electron chi connectivity index (χ3n) is 2.62. The first-order valence-electron chi connectivity index (χ1n) is 5.46. The van der Waals surface area contributed by atoms with Crippen molar-refractivity contribution in [2.24, 2.45) is 0 Å². The van der Waals surface area contributed by atoms with Gasteiger partial charge >= 0.3 is 0 Å². The van der Waals surface area contributed by atoms with Gasteiger partial charge in [0.15, 0.2) is 0 Å². The van der Waals surface area contributed by atoms with Crippen LogP contribution in [0.15, 0.2) is 28.1 Å². The second kappa shape index (κ2) is 4.41. The minimum atomic E-state index is 0.610. The maximum absolute atomic E-state index is 5.12. The van der Waals surface area contributed by atoms with Gasteiger partial charge in [0.05, 0.1) is 5.69 Å². The van der Waals surface area contributed by atoms with Crippen molar-refractivity contribution in [2.75, 3.05) is 0 Å². The van der Waals surface area contributed by atoms with Gasteiger partial charge in [0.1, 0.15) is 5.76 Å². The zero-order valence-electron chi connectivity index (χ0n) is 9.99. The Hall–Kier alpha value is -1.89. The Balaban J connectivity index is 1.81. The van der Waals surface area contributed by atoms with Gasteiger partial charge in [0.25, 0.3) is 5.78 Å². The third-order valence-corrected chi connectivity index (χ3v) is 3.49. The lowest BCUT2D eigenvalue weighted by atomic mass is 10.2. The molecule has 0 spiro atoms. The van der Waals surface area contributed by atoms with Crippen LogP contribution in [-0.2, 0) is 5.75 Å². The lowest BCUT2D eigenvalue weighted by Crippen LogP contribution is -1.87. The normalized spacial score (nSPS) is 11.2. The average Bonchev–Trinajstić information content (AvgIpc) is 2.91. The molecule has 0 N–H and O–H groups in total. The number of aromatic nitrogens is 5. The Morgan fingerprint density at radius 3 is 3.00 bits per heavy atom. The molecule has 6 nitrogen and oxygen atoms in total. The predicted octanol–water partition coefficient (Wildman–Crippen LogP) is 2.02. The molecule has 7 heteroatoms. The van der Waals surface area contributed by atoms with Crippen LogP contribution in [0.4, 0.5) is 0 Å². The third kappa shape index (κ3) is 1.97. The summed E-state index contributed by atoms with van der Waals surface area (Å²) in [5.41, 5.74) is 2.02. The molecule has 0 aliphatic carbocycles. The fourth-order valence-electron chi connectivity index (χ4n) is 1.62. The lowest BCUT2D eigenvalue weighted by Gasteiger charge is -1.95. The second-order valence-corrected chi connectivity index (χ2v) is 4.79. The van der Waals surface area contributed by atoms with E-state index in [9.17, 15) is 0 Å².